The molecule has 17 heavy (non-hydrogen) atoms. The zero-order chi connectivity index (χ0) is 13.1. The molecule has 0 amide bonds. The fraction of sp³-hybridized carbons (Fsp3) is 0.500. The highest BCUT2D eigenvalue weighted by Crippen LogP contribution is 2.20. The number of hydrogen-bond acceptors (Lipinski definition) is 3. The molecular weight excluding hydrogens is 216 g/mol. The lowest BCUT2D eigenvalue weighted by molar-refractivity contribution is -0.301. The van der Waals surface area contributed by atoms with Crippen LogP contribution in [0.5, 0.6) is 0 Å². The van der Waals surface area contributed by atoms with Crippen molar-refractivity contribution in [1.29, 1.82) is 0 Å². The van der Waals surface area contributed by atoms with Gasteiger partial charge >= 0.3 is 5.97 Å². The molecule has 1 aromatic carbocycles. The largest absolute Gasteiger partial charge is 0.373 e. The van der Waals surface area contributed by atoms with E-state index in [4.69, 9.17) is 9.78 Å². The Hall–Kier alpha value is -1.35. The minimum absolute atomic E-state index is 0.272. The summed E-state index contributed by atoms with van der Waals surface area (Å²) < 4.78 is 0. The van der Waals surface area contributed by atoms with Crippen molar-refractivity contribution in [2.45, 2.75) is 46.1 Å². The van der Waals surface area contributed by atoms with Crippen LogP contribution in [0.1, 0.15) is 56.5 Å². The van der Waals surface area contributed by atoms with Crippen molar-refractivity contribution in [3.05, 3.63) is 35.4 Å². The molecule has 0 aliphatic rings. The van der Waals surface area contributed by atoms with Gasteiger partial charge in [-0.25, -0.2) is 4.79 Å². The van der Waals surface area contributed by atoms with Gasteiger partial charge in [-0.05, 0) is 38.3 Å². The van der Waals surface area contributed by atoms with Crippen molar-refractivity contribution in [3.8, 4) is 0 Å². The minimum atomic E-state index is -0.498. The van der Waals surface area contributed by atoms with Crippen LogP contribution in [0.15, 0.2) is 24.3 Å². The molecular formula is C14H20O3. The molecule has 1 aromatic rings. The van der Waals surface area contributed by atoms with Crippen LogP contribution in [0.2, 0.25) is 0 Å². The highest BCUT2D eigenvalue weighted by atomic mass is 17.2. The summed E-state index contributed by atoms with van der Waals surface area (Å²) in [4.78, 5) is 21.7. The molecule has 0 aromatic heterocycles. The molecule has 0 heterocycles. The molecule has 0 saturated carbocycles. The van der Waals surface area contributed by atoms with Crippen LogP contribution in [0.25, 0.3) is 0 Å². The Morgan fingerprint density at radius 3 is 2.29 bits per heavy atom. The van der Waals surface area contributed by atoms with Crippen molar-refractivity contribution >= 4 is 5.97 Å². The molecule has 0 N–H and O–H groups in total. The van der Waals surface area contributed by atoms with Gasteiger partial charge < -0.3 is 0 Å². The molecule has 0 fully saturated rings. The Morgan fingerprint density at radius 1 is 1.18 bits per heavy atom. The van der Waals surface area contributed by atoms with Crippen LogP contribution in [0, 0.1) is 0 Å². The lowest BCUT2D eigenvalue weighted by atomic mass is 9.97. The van der Waals surface area contributed by atoms with Gasteiger partial charge in [0.15, 0.2) is 0 Å². The van der Waals surface area contributed by atoms with E-state index in [-0.39, 0.29) is 5.92 Å². The van der Waals surface area contributed by atoms with Crippen molar-refractivity contribution in [2.24, 2.45) is 0 Å². The van der Waals surface area contributed by atoms with Crippen LogP contribution >= 0.6 is 0 Å². The quantitative estimate of drug-likeness (QED) is 0.593. The SMILES string of the molecule is CC(C)c1ccccc1C(=O)OOC(C)(C)C. The van der Waals surface area contributed by atoms with Gasteiger partial charge in [-0.3, -0.25) is 4.89 Å². The van der Waals surface area contributed by atoms with E-state index in [0.29, 0.717) is 5.56 Å². The molecule has 0 atom stereocenters. The Labute approximate surface area is 103 Å². The fourth-order valence-electron chi connectivity index (χ4n) is 1.39. The molecule has 0 saturated heterocycles. The van der Waals surface area contributed by atoms with Crippen molar-refractivity contribution in [1.82, 2.24) is 0 Å². The summed E-state index contributed by atoms with van der Waals surface area (Å²) in [6.07, 6.45) is 0. The maximum absolute atomic E-state index is 11.9. The molecule has 3 heteroatoms. The van der Waals surface area contributed by atoms with Crippen molar-refractivity contribution in [3.63, 3.8) is 0 Å². The third kappa shape index (κ3) is 4.19. The van der Waals surface area contributed by atoms with Crippen LogP contribution in [-0.2, 0) is 9.78 Å². The van der Waals surface area contributed by atoms with E-state index in [2.05, 4.69) is 0 Å². The molecule has 0 unspecified atom stereocenters. The van der Waals surface area contributed by atoms with E-state index in [0.717, 1.165) is 5.56 Å². The van der Waals surface area contributed by atoms with Gasteiger partial charge in [0.25, 0.3) is 0 Å². The maximum atomic E-state index is 11.9. The summed E-state index contributed by atoms with van der Waals surface area (Å²) in [5, 5.41) is 0. The summed E-state index contributed by atoms with van der Waals surface area (Å²) in [5.74, 6) is -0.169. The molecule has 0 aliphatic heterocycles. The third-order valence-electron chi connectivity index (χ3n) is 2.17. The maximum Gasteiger partial charge on any atom is 0.373 e. The zero-order valence-electron chi connectivity index (χ0n) is 11.1. The van der Waals surface area contributed by atoms with Gasteiger partial charge in [0.05, 0.1) is 5.56 Å². The molecule has 0 radical (unpaired) electrons. The Morgan fingerprint density at radius 2 is 1.76 bits per heavy atom. The standard InChI is InChI=1S/C14H20O3/c1-10(2)11-8-6-7-9-12(11)13(15)16-17-14(3,4)5/h6-10H,1-5H3. The van der Waals surface area contributed by atoms with Gasteiger partial charge in [-0.15, -0.1) is 0 Å². The van der Waals surface area contributed by atoms with Gasteiger partial charge in [0.1, 0.15) is 5.60 Å². The molecule has 1 rings (SSSR count). The summed E-state index contributed by atoms with van der Waals surface area (Å²) in [6.45, 7) is 9.56. The first-order valence-corrected chi connectivity index (χ1v) is 5.80. The van der Waals surface area contributed by atoms with Gasteiger partial charge in [0, 0.05) is 0 Å². The summed E-state index contributed by atoms with van der Waals surface area (Å²) in [6, 6.07) is 7.42. The summed E-state index contributed by atoms with van der Waals surface area (Å²) in [5.41, 5.74) is 1.03. The predicted octanol–water partition coefficient (Wildman–Crippen LogP) is 3.70. The van der Waals surface area contributed by atoms with Gasteiger partial charge in [-0.2, -0.15) is 4.89 Å². The van der Waals surface area contributed by atoms with Gasteiger partial charge in [-0.1, -0.05) is 32.0 Å². The van der Waals surface area contributed by atoms with Crippen LogP contribution in [0.4, 0.5) is 0 Å². The van der Waals surface area contributed by atoms with Gasteiger partial charge in [0.2, 0.25) is 0 Å². The number of carbonyl (C=O) groups excluding carboxylic acids is 1. The fourth-order valence-corrected chi connectivity index (χ4v) is 1.39. The Bertz CT molecular complexity index is 389. The predicted molar refractivity (Wildman–Crippen MR) is 66.8 cm³/mol. The molecule has 94 valence electrons. The first-order chi connectivity index (χ1) is 7.81. The highest BCUT2D eigenvalue weighted by molar-refractivity contribution is 5.90. The first-order valence-electron chi connectivity index (χ1n) is 5.80. The average molecular weight is 236 g/mol. The Balaban J connectivity index is 2.82. The zero-order valence-corrected chi connectivity index (χ0v) is 11.1. The van der Waals surface area contributed by atoms with Crippen LogP contribution in [-0.4, -0.2) is 11.6 Å². The molecule has 0 aliphatic carbocycles. The number of hydrogen-bond donors (Lipinski definition) is 0. The third-order valence-corrected chi connectivity index (χ3v) is 2.17. The molecule has 0 bridgehead atoms. The van der Waals surface area contributed by atoms with Crippen LogP contribution in [0.3, 0.4) is 0 Å². The number of benzene rings is 1. The summed E-state index contributed by atoms with van der Waals surface area (Å²) in [7, 11) is 0. The van der Waals surface area contributed by atoms with Crippen molar-refractivity contribution < 1.29 is 14.6 Å². The minimum Gasteiger partial charge on any atom is -0.292 e. The van der Waals surface area contributed by atoms with E-state index in [1.54, 1.807) is 6.07 Å². The smallest absolute Gasteiger partial charge is 0.292 e. The lowest BCUT2D eigenvalue weighted by Gasteiger charge is -2.17. The second-order valence-corrected chi connectivity index (χ2v) is 5.31. The van der Waals surface area contributed by atoms with Crippen molar-refractivity contribution in [2.75, 3.05) is 0 Å². The topological polar surface area (TPSA) is 35.5 Å². The monoisotopic (exact) mass is 236 g/mol. The Kier molecular flexibility index (Phi) is 4.29. The molecule has 3 nitrogen and oxygen atoms in total. The number of rotatable bonds is 3. The summed E-state index contributed by atoms with van der Waals surface area (Å²) >= 11 is 0. The molecule has 0 spiro atoms. The number of carbonyl (C=O) groups is 1. The van der Waals surface area contributed by atoms with E-state index < -0.39 is 11.6 Å². The lowest BCUT2D eigenvalue weighted by Crippen LogP contribution is -2.22. The van der Waals surface area contributed by atoms with Crippen LogP contribution < -0.4 is 0 Å². The highest BCUT2D eigenvalue weighted by Gasteiger charge is 2.19. The average Bonchev–Trinajstić information content (AvgIpc) is 2.25. The van der Waals surface area contributed by atoms with E-state index in [1.165, 1.54) is 0 Å². The second-order valence-electron chi connectivity index (χ2n) is 5.31. The second kappa shape index (κ2) is 5.32. The van der Waals surface area contributed by atoms with E-state index >= 15 is 0 Å². The normalized spacial score (nSPS) is 11.6. The first kappa shape index (κ1) is 13.7. The van der Waals surface area contributed by atoms with E-state index in [1.807, 2.05) is 52.8 Å². The van der Waals surface area contributed by atoms with E-state index in [9.17, 15) is 4.79 Å².